The smallest absolute Gasteiger partial charge is 0.303 e. The number of carboxylic acids is 1. The highest BCUT2D eigenvalue weighted by atomic mass is 16.4. The van der Waals surface area contributed by atoms with Crippen LogP contribution < -0.4 is 0 Å². The molecule has 2 unspecified atom stereocenters. The van der Waals surface area contributed by atoms with E-state index in [1.54, 1.807) is 0 Å². The molecule has 1 aliphatic rings. The van der Waals surface area contributed by atoms with Gasteiger partial charge in [-0.1, -0.05) is 13.8 Å². The van der Waals surface area contributed by atoms with Gasteiger partial charge in [-0.25, -0.2) is 0 Å². The number of rotatable bonds is 5. The number of carbonyl (C=O) groups is 2. The van der Waals surface area contributed by atoms with Crippen molar-refractivity contribution in [3.05, 3.63) is 0 Å². The van der Waals surface area contributed by atoms with E-state index >= 15 is 0 Å². The average Bonchev–Trinajstić information content (AvgIpc) is 2.55. The lowest BCUT2D eigenvalue weighted by Gasteiger charge is -1.99. The Morgan fingerprint density at radius 1 is 1.21 bits per heavy atom. The number of carboxylic acid groups (broad SMARTS) is 1. The van der Waals surface area contributed by atoms with Crippen LogP contribution in [0.1, 0.15) is 26.7 Å². The van der Waals surface area contributed by atoms with Crippen molar-refractivity contribution in [3.63, 3.8) is 0 Å². The van der Waals surface area contributed by atoms with Gasteiger partial charge in [0.15, 0.2) is 5.78 Å². The van der Waals surface area contributed by atoms with Crippen LogP contribution in [0.4, 0.5) is 0 Å². The quantitative estimate of drug-likeness (QED) is 0.684. The second-order valence-corrected chi connectivity index (χ2v) is 4.53. The number of ketones is 1. The molecule has 0 aromatic rings. The van der Waals surface area contributed by atoms with Crippen LogP contribution in [-0.4, -0.2) is 28.6 Å². The van der Waals surface area contributed by atoms with Gasteiger partial charge in [0.2, 0.25) is 0 Å². The first-order valence-corrected chi connectivity index (χ1v) is 4.74. The third-order valence-corrected chi connectivity index (χ3v) is 3.31. The lowest BCUT2D eigenvalue weighted by atomic mass is 10.1. The number of aliphatic hydroxyl groups is 1. The van der Waals surface area contributed by atoms with Crippen molar-refractivity contribution in [1.82, 2.24) is 0 Å². The third kappa shape index (κ3) is 2.12. The first-order valence-electron chi connectivity index (χ1n) is 4.74. The van der Waals surface area contributed by atoms with E-state index in [4.69, 9.17) is 10.2 Å². The summed E-state index contributed by atoms with van der Waals surface area (Å²) in [5.74, 6) is -0.813. The summed E-state index contributed by atoms with van der Waals surface area (Å²) < 4.78 is 0. The molecule has 0 heterocycles. The minimum atomic E-state index is -0.818. The van der Waals surface area contributed by atoms with E-state index in [0.29, 0.717) is 6.42 Å². The van der Waals surface area contributed by atoms with Gasteiger partial charge in [-0.2, -0.15) is 0 Å². The molecule has 0 bridgehead atoms. The highest BCUT2D eigenvalue weighted by Gasteiger charge is 2.58. The molecule has 1 rings (SSSR count). The molecule has 0 amide bonds. The molecule has 0 saturated heterocycles. The van der Waals surface area contributed by atoms with E-state index in [-0.39, 0.29) is 29.5 Å². The van der Waals surface area contributed by atoms with E-state index in [0.717, 1.165) is 0 Å². The van der Waals surface area contributed by atoms with Crippen molar-refractivity contribution < 1.29 is 19.8 Å². The van der Waals surface area contributed by atoms with E-state index in [9.17, 15) is 9.59 Å². The Bertz CT molecular complexity index is 257. The summed E-state index contributed by atoms with van der Waals surface area (Å²) in [4.78, 5) is 21.5. The summed E-state index contributed by atoms with van der Waals surface area (Å²) in [6.45, 7) is 3.50. The largest absolute Gasteiger partial charge is 0.481 e. The molecule has 4 heteroatoms. The predicted octanol–water partition coefficient (Wildman–Crippen LogP) is 0.685. The number of hydrogen-bond acceptors (Lipinski definition) is 3. The lowest BCUT2D eigenvalue weighted by Crippen LogP contribution is -2.06. The maximum absolute atomic E-state index is 11.0. The molecule has 0 radical (unpaired) electrons. The Labute approximate surface area is 82.9 Å². The maximum Gasteiger partial charge on any atom is 0.303 e. The third-order valence-electron chi connectivity index (χ3n) is 3.31. The summed E-state index contributed by atoms with van der Waals surface area (Å²) in [6, 6.07) is 0. The van der Waals surface area contributed by atoms with Crippen molar-refractivity contribution in [2.75, 3.05) is 6.61 Å². The molecule has 14 heavy (non-hydrogen) atoms. The summed E-state index contributed by atoms with van der Waals surface area (Å²) in [6.07, 6.45) is 0.428. The topological polar surface area (TPSA) is 74.6 Å². The van der Waals surface area contributed by atoms with Crippen molar-refractivity contribution in [2.24, 2.45) is 17.3 Å². The van der Waals surface area contributed by atoms with Crippen molar-refractivity contribution in [3.8, 4) is 0 Å². The van der Waals surface area contributed by atoms with Gasteiger partial charge in [-0.15, -0.1) is 0 Å². The van der Waals surface area contributed by atoms with Gasteiger partial charge in [0.1, 0.15) is 6.61 Å². The van der Waals surface area contributed by atoms with Gasteiger partial charge in [-0.3, -0.25) is 9.59 Å². The van der Waals surface area contributed by atoms with E-state index in [1.807, 2.05) is 13.8 Å². The van der Waals surface area contributed by atoms with Gasteiger partial charge in [0.05, 0.1) is 0 Å². The maximum atomic E-state index is 11.0. The van der Waals surface area contributed by atoms with Crippen LogP contribution in [0.2, 0.25) is 0 Å². The fourth-order valence-electron chi connectivity index (χ4n) is 2.17. The van der Waals surface area contributed by atoms with Gasteiger partial charge in [-0.05, 0) is 17.3 Å². The fourth-order valence-corrected chi connectivity index (χ4v) is 2.17. The minimum absolute atomic E-state index is 0.0662. The summed E-state index contributed by atoms with van der Waals surface area (Å²) in [5.41, 5.74) is -0.0662. The molecule has 0 aromatic carbocycles. The van der Waals surface area contributed by atoms with Crippen LogP contribution in [0.5, 0.6) is 0 Å². The van der Waals surface area contributed by atoms with Crippen LogP contribution in [0.3, 0.4) is 0 Å². The molecule has 2 atom stereocenters. The standard InChI is InChI=1S/C10H16O4/c1-10(2)7(3-6(12)5-11)8(10)4-9(13)14/h7-8,11H,3-5H2,1-2H3,(H,13,14). The Kier molecular flexibility index (Phi) is 2.95. The van der Waals surface area contributed by atoms with Crippen LogP contribution >= 0.6 is 0 Å². The van der Waals surface area contributed by atoms with Crippen molar-refractivity contribution >= 4 is 11.8 Å². The first-order chi connectivity index (χ1) is 6.39. The predicted molar refractivity (Wildman–Crippen MR) is 49.7 cm³/mol. The minimum Gasteiger partial charge on any atom is -0.481 e. The number of aliphatic carboxylic acids is 1. The zero-order valence-electron chi connectivity index (χ0n) is 8.49. The molecule has 1 saturated carbocycles. The summed E-state index contributed by atoms with van der Waals surface area (Å²) in [7, 11) is 0. The highest BCUT2D eigenvalue weighted by molar-refractivity contribution is 5.80. The molecule has 0 aromatic heterocycles. The summed E-state index contributed by atoms with van der Waals surface area (Å²) >= 11 is 0. The normalized spacial score (nSPS) is 28.5. The summed E-state index contributed by atoms with van der Waals surface area (Å²) in [5, 5.41) is 17.2. The Morgan fingerprint density at radius 2 is 1.71 bits per heavy atom. The number of hydrogen-bond donors (Lipinski definition) is 2. The average molecular weight is 200 g/mol. The van der Waals surface area contributed by atoms with E-state index < -0.39 is 12.6 Å². The molecule has 1 aliphatic carbocycles. The van der Waals surface area contributed by atoms with Crippen molar-refractivity contribution in [1.29, 1.82) is 0 Å². The lowest BCUT2D eigenvalue weighted by molar-refractivity contribution is -0.137. The van der Waals surface area contributed by atoms with Gasteiger partial charge < -0.3 is 10.2 Å². The fraction of sp³-hybridized carbons (Fsp3) is 0.800. The zero-order valence-corrected chi connectivity index (χ0v) is 8.49. The van der Waals surface area contributed by atoms with Gasteiger partial charge in [0, 0.05) is 12.8 Å². The molecule has 80 valence electrons. The zero-order chi connectivity index (χ0) is 10.9. The Hall–Kier alpha value is -0.900. The van der Waals surface area contributed by atoms with Crippen LogP contribution in [0.15, 0.2) is 0 Å². The first kappa shape index (κ1) is 11.2. The monoisotopic (exact) mass is 200 g/mol. The number of Topliss-reactive ketones (excluding diaryl/α,β-unsaturated/α-hetero) is 1. The molecular formula is C10H16O4. The molecular weight excluding hydrogens is 184 g/mol. The number of carbonyl (C=O) groups excluding carboxylic acids is 1. The van der Waals surface area contributed by atoms with Crippen LogP contribution in [0, 0.1) is 17.3 Å². The SMILES string of the molecule is CC1(C)C(CC(=O)O)C1CC(=O)CO. The van der Waals surface area contributed by atoms with Gasteiger partial charge >= 0.3 is 5.97 Å². The molecule has 2 N–H and O–H groups in total. The van der Waals surface area contributed by atoms with Crippen molar-refractivity contribution in [2.45, 2.75) is 26.7 Å². The van der Waals surface area contributed by atoms with E-state index in [1.165, 1.54) is 0 Å². The second-order valence-electron chi connectivity index (χ2n) is 4.53. The second kappa shape index (κ2) is 3.69. The van der Waals surface area contributed by atoms with E-state index in [2.05, 4.69) is 0 Å². The molecule has 0 aliphatic heterocycles. The molecule has 0 spiro atoms. The Morgan fingerprint density at radius 3 is 2.14 bits per heavy atom. The van der Waals surface area contributed by atoms with Crippen LogP contribution in [-0.2, 0) is 9.59 Å². The number of aliphatic hydroxyl groups excluding tert-OH is 1. The Balaban J connectivity index is 2.48. The molecule has 1 fully saturated rings. The molecule has 4 nitrogen and oxygen atoms in total. The highest BCUT2D eigenvalue weighted by Crippen LogP contribution is 2.61. The van der Waals surface area contributed by atoms with Gasteiger partial charge in [0.25, 0.3) is 0 Å². The van der Waals surface area contributed by atoms with Crippen LogP contribution in [0.25, 0.3) is 0 Å².